The van der Waals surface area contributed by atoms with Crippen LogP contribution in [0, 0.1) is 6.92 Å². The molecule has 1 unspecified atom stereocenters. The first kappa shape index (κ1) is 14.3. The summed E-state index contributed by atoms with van der Waals surface area (Å²) in [5, 5.41) is 13.5. The van der Waals surface area contributed by atoms with Gasteiger partial charge in [0.05, 0.1) is 0 Å². The summed E-state index contributed by atoms with van der Waals surface area (Å²) in [6.07, 6.45) is 0.542. The number of aliphatic hydroxyl groups is 1. The molecule has 3 rings (SSSR count). The fourth-order valence-electron chi connectivity index (χ4n) is 2.61. The monoisotopic (exact) mass is 345 g/mol. The first-order valence-corrected chi connectivity index (χ1v) is 7.70. The van der Waals surface area contributed by atoms with Gasteiger partial charge in [0.15, 0.2) is 0 Å². The number of fused-ring (bicyclic) bond motifs is 1. The first-order chi connectivity index (χ1) is 10.0. The number of benzene rings is 2. The van der Waals surface area contributed by atoms with E-state index in [1.807, 2.05) is 43.3 Å². The fraction of sp³-hybridized carbons (Fsp3) is 0.235. The van der Waals surface area contributed by atoms with Gasteiger partial charge in [0.2, 0.25) is 5.91 Å². The second-order valence-corrected chi connectivity index (χ2v) is 6.25. The zero-order chi connectivity index (χ0) is 15.0. The van der Waals surface area contributed by atoms with Crippen LogP contribution in [-0.2, 0) is 11.2 Å². The molecule has 108 valence electrons. The third-order valence-electron chi connectivity index (χ3n) is 3.79. The summed E-state index contributed by atoms with van der Waals surface area (Å²) in [4.78, 5) is 11.4. The molecule has 0 bridgehead atoms. The number of rotatable bonds is 2. The number of anilines is 1. The van der Waals surface area contributed by atoms with Gasteiger partial charge in [-0.3, -0.25) is 4.79 Å². The molecule has 0 saturated heterocycles. The average molecular weight is 346 g/mol. The van der Waals surface area contributed by atoms with Crippen molar-refractivity contribution in [2.45, 2.75) is 25.9 Å². The third-order valence-corrected chi connectivity index (χ3v) is 4.48. The Morgan fingerprint density at radius 3 is 2.76 bits per heavy atom. The Labute approximate surface area is 132 Å². The van der Waals surface area contributed by atoms with E-state index in [0.29, 0.717) is 6.42 Å². The van der Waals surface area contributed by atoms with E-state index < -0.39 is 6.10 Å². The molecule has 0 spiro atoms. The second kappa shape index (κ2) is 5.62. The molecular weight excluding hydrogens is 330 g/mol. The van der Waals surface area contributed by atoms with E-state index in [2.05, 4.69) is 21.2 Å². The van der Waals surface area contributed by atoms with E-state index in [9.17, 15) is 9.90 Å². The molecule has 0 fully saturated rings. The molecule has 1 amide bonds. The summed E-state index contributed by atoms with van der Waals surface area (Å²) in [5.41, 5.74) is 4.76. The van der Waals surface area contributed by atoms with Crippen molar-refractivity contribution in [3.05, 3.63) is 63.1 Å². The lowest BCUT2D eigenvalue weighted by Gasteiger charge is -2.20. The molecule has 4 heteroatoms. The number of carbonyl (C=O) groups excluding carboxylic acids is 1. The number of hydrogen-bond acceptors (Lipinski definition) is 2. The lowest BCUT2D eigenvalue weighted by Crippen LogP contribution is -2.19. The van der Waals surface area contributed by atoms with Gasteiger partial charge >= 0.3 is 0 Å². The molecular formula is C17H16BrNO2. The van der Waals surface area contributed by atoms with Crippen LogP contribution in [0.4, 0.5) is 5.69 Å². The molecule has 1 atom stereocenters. The quantitative estimate of drug-likeness (QED) is 0.871. The largest absolute Gasteiger partial charge is 0.384 e. The molecule has 3 nitrogen and oxygen atoms in total. The second-order valence-electron chi connectivity index (χ2n) is 5.39. The van der Waals surface area contributed by atoms with Gasteiger partial charge in [0, 0.05) is 16.6 Å². The lowest BCUT2D eigenvalue weighted by atomic mass is 9.95. The zero-order valence-electron chi connectivity index (χ0n) is 11.7. The van der Waals surface area contributed by atoms with Crippen LogP contribution in [-0.4, -0.2) is 11.0 Å². The number of halogens is 1. The van der Waals surface area contributed by atoms with Crippen LogP contribution in [0.15, 0.2) is 40.9 Å². The number of nitrogens with one attached hydrogen (secondary N) is 1. The van der Waals surface area contributed by atoms with Crippen molar-refractivity contribution in [3.8, 4) is 0 Å². The predicted octanol–water partition coefficient (Wildman–Crippen LogP) is 3.72. The Morgan fingerprint density at radius 2 is 2.00 bits per heavy atom. The van der Waals surface area contributed by atoms with Crippen LogP contribution in [0.2, 0.25) is 0 Å². The highest BCUT2D eigenvalue weighted by Gasteiger charge is 2.19. The minimum atomic E-state index is -0.678. The molecule has 2 aromatic rings. The zero-order valence-corrected chi connectivity index (χ0v) is 13.3. The summed E-state index contributed by atoms with van der Waals surface area (Å²) in [6.45, 7) is 2.02. The first-order valence-electron chi connectivity index (χ1n) is 6.91. The molecule has 0 radical (unpaired) electrons. The summed E-state index contributed by atoms with van der Waals surface area (Å²) in [7, 11) is 0. The standard InChI is InChI=1S/C17H16BrNO2/c1-10-2-5-13(14(18)8-10)17(21)12-3-6-15-11(9-12)4-7-16(20)19-15/h2-3,5-6,8-9,17,21H,4,7H2,1H3,(H,19,20). The van der Waals surface area contributed by atoms with Crippen LogP contribution >= 0.6 is 15.9 Å². The van der Waals surface area contributed by atoms with Crippen molar-refractivity contribution in [2.75, 3.05) is 5.32 Å². The maximum atomic E-state index is 11.4. The van der Waals surface area contributed by atoms with E-state index in [1.54, 1.807) is 0 Å². The van der Waals surface area contributed by atoms with Crippen molar-refractivity contribution in [3.63, 3.8) is 0 Å². The molecule has 1 heterocycles. The van der Waals surface area contributed by atoms with E-state index in [-0.39, 0.29) is 5.91 Å². The fourth-order valence-corrected chi connectivity index (χ4v) is 3.32. The van der Waals surface area contributed by atoms with Gasteiger partial charge < -0.3 is 10.4 Å². The predicted molar refractivity (Wildman–Crippen MR) is 86.3 cm³/mol. The highest BCUT2D eigenvalue weighted by Crippen LogP contribution is 2.32. The molecule has 0 aromatic heterocycles. The topological polar surface area (TPSA) is 49.3 Å². The molecule has 1 aliphatic heterocycles. The molecule has 1 aliphatic rings. The minimum absolute atomic E-state index is 0.0528. The number of carbonyl (C=O) groups is 1. The van der Waals surface area contributed by atoms with Gasteiger partial charge in [0.1, 0.15) is 6.10 Å². The van der Waals surface area contributed by atoms with Crippen LogP contribution < -0.4 is 5.32 Å². The van der Waals surface area contributed by atoms with Gasteiger partial charge in [-0.05, 0) is 47.7 Å². The Balaban J connectivity index is 1.95. The minimum Gasteiger partial charge on any atom is -0.384 e. The van der Waals surface area contributed by atoms with E-state index in [0.717, 1.165) is 38.8 Å². The molecule has 21 heavy (non-hydrogen) atoms. The van der Waals surface area contributed by atoms with Gasteiger partial charge in [0.25, 0.3) is 0 Å². The summed E-state index contributed by atoms with van der Waals surface area (Å²) >= 11 is 3.51. The smallest absolute Gasteiger partial charge is 0.224 e. The number of aryl methyl sites for hydroxylation is 2. The Bertz CT molecular complexity index is 712. The normalized spacial score (nSPS) is 15.3. The summed E-state index contributed by atoms with van der Waals surface area (Å²) in [5.74, 6) is 0.0528. The third kappa shape index (κ3) is 2.87. The maximum Gasteiger partial charge on any atom is 0.224 e. The van der Waals surface area contributed by atoms with Crippen LogP contribution in [0.25, 0.3) is 0 Å². The SMILES string of the molecule is Cc1ccc(C(O)c2ccc3c(c2)CCC(=O)N3)c(Br)c1. The van der Waals surface area contributed by atoms with Crippen molar-refractivity contribution in [2.24, 2.45) is 0 Å². The van der Waals surface area contributed by atoms with Crippen molar-refractivity contribution >= 4 is 27.5 Å². The molecule has 0 saturated carbocycles. The van der Waals surface area contributed by atoms with Gasteiger partial charge in [-0.15, -0.1) is 0 Å². The van der Waals surface area contributed by atoms with Gasteiger partial charge in [-0.25, -0.2) is 0 Å². The number of hydrogen-bond donors (Lipinski definition) is 2. The van der Waals surface area contributed by atoms with Crippen molar-refractivity contribution in [1.29, 1.82) is 0 Å². The average Bonchev–Trinajstić information content (AvgIpc) is 2.46. The number of amides is 1. The van der Waals surface area contributed by atoms with Crippen molar-refractivity contribution < 1.29 is 9.90 Å². The van der Waals surface area contributed by atoms with Gasteiger partial charge in [-0.2, -0.15) is 0 Å². The Kier molecular flexibility index (Phi) is 3.83. The highest BCUT2D eigenvalue weighted by atomic mass is 79.9. The van der Waals surface area contributed by atoms with E-state index >= 15 is 0 Å². The highest BCUT2D eigenvalue weighted by molar-refractivity contribution is 9.10. The van der Waals surface area contributed by atoms with Crippen LogP contribution in [0.3, 0.4) is 0 Å². The summed E-state index contributed by atoms with van der Waals surface area (Å²) < 4.78 is 0.904. The maximum absolute atomic E-state index is 11.4. The summed E-state index contributed by atoms with van der Waals surface area (Å²) in [6, 6.07) is 11.6. The van der Waals surface area contributed by atoms with Crippen LogP contribution in [0.5, 0.6) is 0 Å². The molecule has 2 N–H and O–H groups in total. The molecule has 0 aliphatic carbocycles. The lowest BCUT2D eigenvalue weighted by molar-refractivity contribution is -0.116. The Hall–Kier alpha value is -1.65. The Morgan fingerprint density at radius 1 is 1.19 bits per heavy atom. The van der Waals surface area contributed by atoms with E-state index in [1.165, 1.54) is 0 Å². The van der Waals surface area contributed by atoms with E-state index in [4.69, 9.17) is 0 Å². The van der Waals surface area contributed by atoms with Crippen molar-refractivity contribution in [1.82, 2.24) is 0 Å². The number of aliphatic hydroxyl groups excluding tert-OH is 1. The molecule has 2 aromatic carbocycles. The van der Waals surface area contributed by atoms with Crippen LogP contribution in [0.1, 0.15) is 34.8 Å². The van der Waals surface area contributed by atoms with Gasteiger partial charge in [-0.1, -0.05) is 40.2 Å².